The number of likely N-dealkylation sites (N-methyl/N-ethyl adjacent to an activating group) is 1. The van der Waals surface area contributed by atoms with Crippen molar-refractivity contribution in [1.29, 1.82) is 0 Å². The molecule has 1 aromatic heterocycles. The van der Waals surface area contributed by atoms with Gasteiger partial charge in [0, 0.05) is 12.7 Å². The summed E-state index contributed by atoms with van der Waals surface area (Å²) < 4.78 is 11.8. The van der Waals surface area contributed by atoms with Crippen LogP contribution in [-0.4, -0.2) is 59.7 Å². The van der Waals surface area contributed by atoms with Crippen molar-refractivity contribution in [3.8, 4) is 5.75 Å². The average Bonchev–Trinajstić information content (AvgIpc) is 3.26. The van der Waals surface area contributed by atoms with E-state index in [1.54, 1.807) is 42.3 Å². The molecule has 0 spiro atoms. The molecule has 9 heteroatoms. The Hall–Kier alpha value is -2.91. The lowest BCUT2D eigenvalue weighted by Crippen LogP contribution is -2.53. The standard InChI is InChI=1S/C21H22N2O6S/c1-23-15-6-5-13(10-19(24)25)29-17(15)11-28-16-7-4-12(9-14(16)21(23)27)22-20(26)18-3-2-8-30-18/h2-4,7-9,13,15,17H,5-6,10-11H2,1H3,(H,22,26)(H,24,25)/t13-,15-,17-/m0/s1. The van der Waals surface area contributed by atoms with E-state index < -0.39 is 12.1 Å². The number of fused-ring (bicyclic) bond motifs is 2. The SMILES string of the molecule is CN1C(=O)c2cc(NC(=O)c3cccs3)ccc2OC[C@@H]2O[C@H](CC(=O)O)CC[C@@H]21. The number of rotatable bonds is 4. The minimum absolute atomic E-state index is 0.0647. The van der Waals surface area contributed by atoms with Crippen LogP contribution in [-0.2, 0) is 9.53 Å². The molecule has 3 heterocycles. The molecule has 8 nitrogen and oxygen atoms in total. The molecule has 158 valence electrons. The topological polar surface area (TPSA) is 105 Å². The largest absolute Gasteiger partial charge is 0.490 e. The number of thiophene rings is 1. The van der Waals surface area contributed by atoms with E-state index in [0.717, 1.165) is 0 Å². The van der Waals surface area contributed by atoms with Gasteiger partial charge in [-0.15, -0.1) is 11.3 Å². The number of hydrogen-bond donors (Lipinski definition) is 2. The Balaban J connectivity index is 1.54. The number of carboxylic acids is 1. The van der Waals surface area contributed by atoms with E-state index in [1.807, 2.05) is 5.38 Å². The van der Waals surface area contributed by atoms with Gasteiger partial charge in [0.15, 0.2) is 0 Å². The van der Waals surface area contributed by atoms with Gasteiger partial charge in [0.25, 0.3) is 11.8 Å². The molecule has 1 saturated heterocycles. The normalized spacial score (nSPS) is 23.4. The van der Waals surface area contributed by atoms with Crippen molar-refractivity contribution in [2.75, 3.05) is 19.0 Å². The van der Waals surface area contributed by atoms with E-state index in [0.29, 0.717) is 34.7 Å². The number of carbonyl (C=O) groups excluding carboxylic acids is 2. The molecule has 2 aromatic rings. The molecule has 2 N–H and O–H groups in total. The van der Waals surface area contributed by atoms with E-state index in [2.05, 4.69) is 5.32 Å². The van der Waals surface area contributed by atoms with Gasteiger partial charge in [-0.2, -0.15) is 0 Å². The Bertz CT molecular complexity index is 960. The number of aliphatic carboxylic acids is 1. The van der Waals surface area contributed by atoms with Gasteiger partial charge in [-0.25, -0.2) is 0 Å². The summed E-state index contributed by atoms with van der Waals surface area (Å²) in [5.74, 6) is -0.963. The first-order chi connectivity index (χ1) is 14.4. The highest BCUT2D eigenvalue weighted by Crippen LogP contribution is 2.32. The zero-order valence-corrected chi connectivity index (χ0v) is 17.2. The van der Waals surface area contributed by atoms with E-state index in [1.165, 1.54) is 11.3 Å². The van der Waals surface area contributed by atoms with Gasteiger partial charge in [-0.3, -0.25) is 14.4 Å². The number of benzene rings is 1. The summed E-state index contributed by atoms with van der Waals surface area (Å²) in [4.78, 5) is 38.7. The van der Waals surface area contributed by atoms with Gasteiger partial charge in [-0.05, 0) is 42.5 Å². The Kier molecular flexibility index (Phi) is 5.74. The van der Waals surface area contributed by atoms with Crippen LogP contribution in [0.25, 0.3) is 0 Å². The van der Waals surface area contributed by atoms with Crippen molar-refractivity contribution in [1.82, 2.24) is 4.90 Å². The van der Waals surface area contributed by atoms with Crippen molar-refractivity contribution >= 4 is 34.8 Å². The number of amides is 2. The minimum atomic E-state index is -0.905. The maximum absolute atomic E-state index is 13.2. The third kappa shape index (κ3) is 4.17. The van der Waals surface area contributed by atoms with Crippen molar-refractivity contribution < 1.29 is 29.0 Å². The highest BCUT2D eigenvalue weighted by atomic mass is 32.1. The molecular weight excluding hydrogens is 408 g/mol. The summed E-state index contributed by atoms with van der Waals surface area (Å²) in [6, 6.07) is 8.29. The summed E-state index contributed by atoms with van der Waals surface area (Å²) >= 11 is 1.34. The van der Waals surface area contributed by atoms with Crippen LogP contribution in [0.5, 0.6) is 5.75 Å². The van der Waals surface area contributed by atoms with E-state index in [4.69, 9.17) is 14.6 Å². The molecule has 2 aliphatic heterocycles. The first kappa shape index (κ1) is 20.4. The molecule has 0 bridgehead atoms. The molecule has 0 unspecified atom stereocenters. The van der Waals surface area contributed by atoms with Crippen LogP contribution in [0.1, 0.15) is 39.3 Å². The number of nitrogens with zero attached hydrogens (tertiary/aromatic N) is 1. The Labute approximate surface area is 177 Å². The molecule has 2 aliphatic rings. The first-order valence-corrected chi connectivity index (χ1v) is 10.6. The molecule has 0 radical (unpaired) electrons. The fraction of sp³-hybridized carbons (Fsp3) is 0.381. The van der Waals surface area contributed by atoms with Crippen molar-refractivity contribution in [3.63, 3.8) is 0 Å². The molecule has 3 atom stereocenters. The monoisotopic (exact) mass is 430 g/mol. The van der Waals surface area contributed by atoms with Crippen LogP contribution in [0.4, 0.5) is 5.69 Å². The second-order valence-corrected chi connectivity index (χ2v) is 8.36. The van der Waals surface area contributed by atoms with Crippen molar-refractivity contribution in [2.45, 2.75) is 37.5 Å². The third-order valence-electron chi connectivity index (χ3n) is 5.42. The zero-order valence-electron chi connectivity index (χ0n) is 16.4. The lowest BCUT2D eigenvalue weighted by atomic mass is 9.94. The van der Waals surface area contributed by atoms with Gasteiger partial charge in [-0.1, -0.05) is 6.07 Å². The predicted octanol–water partition coefficient (Wildman–Crippen LogP) is 2.86. The number of carboxylic acid groups (broad SMARTS) is 1. The Morgan fingerprint density at radius 2 is 2.13 bits per heavy atom. The molecule has 4 rings (SSSR count). The highest BCUT2D eigenvalue weighted by Gasteiger charge is 2.39. The van der Waals surface area contributed by atoms with Crippen LogP contribution in [0.3, 0.4) is 0 Å². The fourth-order valence-electron chi connectivity index (χ4n) is 3.90. The zero-order chi connectivity index (χ0) is 21.3. The average molecular weight is 430 g/mol. The van der Waals surface area contributed by atoms with Crippen molar-refractivity contribution in [3.05, 3.63) is 46.2 Å². The van der Waals surface area contributed by atoms with Gasteiger partial charge in [0.1, 0.15) is 18.5 Å². The van der Waals surface area contributed by atoms with Crippen LogP contribution in [0, 0.1) is 0 Å². The molecule has 30 heavy (non-hydrogen) atoms. The molecule has 1 fully saturated rings. The molecular formula is C21H22N2O6S. The number of anilines is 1. The second-order valence-electron chi connectivity index (χ2n) is 7.41. The summed E-state index contributed by atoms with van der Waals surface area (Å²) in [6.07, 6.45) is 0.353. The van der Waals surface area contributed by atoms with Gasteiger partial charge in [0.05, 0.1) is 29.0 Å². The van der Waals surface area contributed by atoms with E-state index in [-0.39, 0.29) is 37.0 Å². The maximum atomic E-state index is 13.2. The summed E-state index contributed by atoms with van der Waals surface area (Å²) in [6.45, 7) is 0.215. The minimum Gasteiger partial charge on any atom is -0.490 e. The quantitative estimate of drug-likeness (QED) is 0.773. The third-order valence-corrected chi connectivity index (χ3v) is 6.29. The summed E-state index contributed by atoms with van der Waals surface area (Å²) in [5, 5.41) is 13.7. The van der Waals surface area contributed by atoms with E-state index in [9.17, 15) is 14.4 Å². The van der Waals surface area contributed by atoms with Gasteiger partial charge >= 0.3 is 5.97 Å². The van der Waals surface area contributed by atoms with Crippen LogP contribution < -0.4 is 10.1 Å². The molecule has 0 aliphatic carbocycles. The van der Waals surface area contributed by atoms with E-state index >= 15 is 0 Å². The van der Waals surface area contributed by atoms with Crippen LogP contribution in [0.15, 0.2) is 35.7 Å². The first-order valence-electron chi connectivity index (χ1n) is 9.68. The maximum Gasteiger partial charge on any atom is 0.305 e. The lowest BCUT2D eigenvalue weighted by molar-refractivity contribution is -0.148. The molecule has 0 saturated carbocycles. The van der Waals surface area contributed by atoms with Gasteiger partial charge < -0.3 is 24.8 Å². The Morgan fingerprint density at radius 3 is 2.87 bits per heavy atom. The number of nitrogens with one attached hydrogen (secondary N) is 1. The fourth-order valence-corrected chi connectivity index (χ4v) is 4.52. The highest BCUT2D eigenvalue weighted by molar-refractivity contribution is 7.12. The predicted molar refractivity (Wildman–Crippen MR) is 110 cm³/mol. The number of carbonyl (C=O) groups is 3. The molecule has 1 aromatic carbocycles. The van der Waals surface area contributed by atoms with Gasteiger partial charge in [0.2, 0.25) is 0 Å². The summed E-state index contributed by atoms with van der Waals surface area (Å²) in [7, 11) is 1.72. The number of ether oxygens (including phenoxy) is 2. The second kappa shape index (κ2) is 8.45. The smallest absolute Gasteiger partial charge is 0.305 e. The van der Waals surface area contributed by atoms with Crippen molar-refractivity contribution in [2.24, 2.45) is 0 Å². The van der Waals surface area contributed by atoms with Crippen LogP contribution >= 0.6 is 11.3 Å². The lowest BCUT2D eigenvalue weighted by Gasteiger charge is -2.42. The van der Waals surface area contributed by atoms with Crippen LogP contribution in [0.2, 0.25) is 0 Å². The molecule has 2 amide bonds. The number of hydrogen-bond acceptors (Lipinski definition) is 6. The Morgan fingerprint density at radius 1 is 1.30 bits per heavy atom. The summed E-state index contributed by atoms with van der Waals surface area (Å²) in [5.41, 5.74) is 0.878.